The number of pyridine rings is 2. The van der Waals surface area contributed by atoms with Crippen molar-refractivity contribution in [3.8, 4) is 17.3 Å². The van der Waals surface area contributed by atoms with Gasteiger partial charge in [0.15, 0.2) is 11.3 Å². The van der Waals surface area contributed by atoms with Gasteiger partial charge in [-0.3, -0.25) is 9.38 Å². The Kier molecular flexibility index (Phi) is 2.94. The summed E-state index contributed by atoms with van der Waals surface area (Å²) in [6.45, 7) is 3.86. The highest BCUT2D eigenvalue weighted by Gasteiger charge is 2.17. The molecule has 0 aromatic carbocycles. The Morgan fingerprint density at radius 1 is 0.957 bits per heavy atom. The standard InChI is InChI=1S/C16H14N6O/c1-9-11(5-4-8-17-9)15-18-10(2)14-21-20-12-6-7-13(23-3)19-16(12)22(14)15/h4-8H,1-3H3. The maximum absolute atomic E-state index is 5.24. The van der Waals surface area contributed by atoms with Crippen LogP contribution in [0.2, 0.25) is 0 Å². The number of aryl methyl sites for hydroxylation is 2. The van der Waals surface area contributed by atoms with Crippen molar-refractivity contribution < 1.29 is 4.74 Å². The molecule has 7 nitrogen and oxygen atoms in total. The van der Waals surface area contributed by atoms with Gasteiger partial charge in [0.1, 0.15) is 11.3 Å². The van der Waals surface area contributed by atoms with Crippen LogP contribution in [0.3, 0.4) is 0 Å². The van der Waals surface area contributed by atoms with Gasteiger partial charge in [-0.05, 0) is 32.0 Å². The Balaban J connectivity index is 2.16. The normalized spacial score (nSPS) is 11.3. The van der Waals surface area contributed by atoms with E-state index in [1.807, 2.05) is 36.4 Å². The SMILES string of the molecule is COc1ccc2nnc3c(C)nc(-c4cccnc4C)n3c2n1. The number of hydrogen-bond donors (Lipinski definition) is 0. The summed E-state index contributed by atoms with van der Waals surface area (Å²) in [4.78, 5) is 13.5. The molecule has 0 saturated carbocycles. The summed E-state index contributed by atoms with van der Waals surface area (Å²) in [5, 5.41) is 8.52. The van der Waals surface area contributed by atoms with Gasteiger partial charge in [-0.25, -0.2) is 4.98 Å². The lowest BCUT2D eigenvalue weighted by molar-refractivity contribution is 0.399. The van der Waals surface area contributed by atoms with Gasteiger partial charge in [0.05, 0.1) is 12.8 Å². The molecule has 23 heavy (non-hydrogen) atoms. The minimum absolute atomic E-state index is 0.520. The van der Waals surface area contributed by atoms with E-state index in [9.17, 15) is 0 Å². The molecule has 0 radical (unpaired) electrons. The second kappa shape index (κ2) is 4.98. The van der Waals surface area contributed by atoms with Gasteiger partial charge in [-0.2, -0.15) is 4.98 Å². The van der Waals surface area contributed by atoms with Crippen LogP contribution in [0.25, 0.3) is 28.2 Å². The summed E-state index contributed by atoms with van der Waals surface area (Å²) >= 11 is 0. The maximum atomic E-state index is 5.24. The van der Waals surface area contributed by atoms with Crippen LogP contribution in [0.5, 0.6) is 5.88 Å². The number of fused-ring (bicyclic) bond motifs is 3. The molecule has 0 N–H and O–H groups in total. The first-order chi connectivity index (χ1) is 11.2. The zero-order valence-corrected chi connectivity index (χ0v) is 13.0. The van der Waals surface area contributed by atoms with E-state index in [1.165, 1.54) is 0 Å². The van der Waals surface area contributed by atoms with Gasteiger partial charge >= 0.3 is 0 Å². The lowest BCUT2D eigenvalue weighted by Gasteiger charge is -2.07. The molecule has 0 aliphatic heterocycles. The topological polar surface area (TPSA) is 78.1 Å². The molecule has 0 fully saturated rings. The molecule has 114 valence electrons. The molecular weight excluding hydrogens is 292 g/mol. The number of rotatable bonds is 2. The van der Waals surface area contributed by atoms with Crippen molar-refractivity contribution >= 4 is 16.8 Å². The van der Waals surface area contributed by atoms with E-state index < -0.39 is 0 Å². The lowest BCUT2D eigenvalue weighted by Crippen LogP contribution is -2.01. The number of imidazole rings is 1. The minimum Gasteiger partial charge on any atom is -0.481 e. The van der Waals surface area contributed by atoms with Crippen LogP contribution in [-0.4, -0.2) is 36.7 Å². The second-order valence-corrected chi connectivity index (χ2v) is 5.21. The molecule has 4 rings (SSSR count). The van der Waals surface area contributed by atoms with E-state index in [0.717, 1.165) is 22.8 Å². The molecule has 0 aliphatic carbocycles. The molecule has 0 saturated heterocycles. The van der Waals surface area contributed by atoms with Crippen molar-refractivity contribution in [1.82, 2.24) is 29.5 Å². The molecule has 0 aliphatic rings. The first-order valence-corrected chi connectivity index (χ1v) is 7.17. The van der Waals surface area contributed by atoms with Crippen molar-refractivity contribution in [2.24, 2.45) is 0 Å². The van der Waals surface area contributed by atoms with Crippen LogP contribution in [0.1, 0.15) is 11.4 Å². The fourth-order valence-electron chi connectivity index (χ4n) is 2.62. The summed E-state index contributed by atoms with van der Waals surface area (Å²) < 4.78 is 7.15. The van der Waals surface area contributed by atoms with Crippen LogP contribution < -0.4 is 4.74 Å². The highest BCUT2D eigenvalue weighted by atomic mass is 16.5. The highest BCUT2D eigenvalue weighted by molar-refractivity contribution is 5.78. The monoisotopic (exact) mass is 306 g/mol. The summed E-state index contributed by atoms with van der Waals surface area (Å²) in [7, 11) is 1.59. The van der Waals surface area contributed by atoms with Gasteiger partial charge in [0.25, 0.3) is 0 Å². The van der Waals surface area contributed by atoms with E-state index in [-0.39, 0.29) is 0 Å². The molecule has 0 atom stereocenters. The van der Waals surface area contributed by atoms with Gasteiger partial charge in [-0.15, -0.1) is 10.2 Å². The number of ether oxygens (including phenoxy) is 1. The smallest absolute Gasteiger partial charge is 0.215 e. The Labute approximate surface area is 132 Å². The third-order valence-electron chi connectivity index (χ3n) is 3.77. The molecule has 7 heteroatoms. The predicted octanol–water partition coefficient (Wildman–Crippen LogP) is 2.36. The van der Waals surface area contributed by atoms with Crippen LogP contribution in [0.15, 0.2) is 30.5 Å². The van der Waals surface area contributed by atoms with E-state index in [1.54, 1.807) is 19.4 Å². The number of nitrogens with zero attached hydrogens (tertiary/aromatic N) is 6. The molecule has 4 aromatic rings. The predicted molar refractivity (Wildman–Crippen MR) is 85.3 cm³/mol. The molecule has 4 heterocycles. The summed E-state index contributed by atoms with van der Waals surface area (Å²) in [5.74, 6) is 1.27. The Hall–Kier alpha value is -3.09. The second-order valence-electron chi connectivity index (χ2n) is 5.21. The van der Waals surface area contributed by atoms with Crippen molar-refractivity contribution in [1.29, 1.82) is 0 Å². The molecule has 0 spiro atoms. The lowest BCUT2D eigenvalue weighted by atomic mass is 10.2. The average Bonchev–Trinajstić information content (AvgIpc) is 2.92. The molecule has 4 aromatic heterocycles. The fraction of sp³-hybridized carbons (Fsp3) is 0.188. The molecule has 0 bridgehead atoms. The van der Waals surface area contributed by atoms with Crippen molar-refractivity contribution in [2.45, 2.75) is 13.8 Å². The first-order valence-electron chi connectivity index (χ1n) is 7.17. The zero-order valence-electron chi connectivity index (χ0n) is 13.0. The van der Waals surface area contributed by atoms with Crippen molar-refractivity contribution in [2.75, 3.05) is 7.11 Å². The van der Waals surface area contributed by atoms with Crippen LogP contribution in [0, 0.1) is 13.8 Å². The number of methoxy groups -OCH3 is 1. The average molecular weight is 306 g/mol. The van der Waals surface area contributed by atoms with Gasteiger partial charge in [0.2, 0.25) is 5.88 Å². The minimum atomic E-state index is 0.520. The van der Waals surface area contributed by atoms with Gasteiger partial charge in [-0.1, -0.05) is 0 Å². The van der Waals surface area contributed by atoms with E-state index >= 15 is 0 Å². The van der Waals surface area contributed by atoms with Crippen LogP contribution >= 0.6 is 0 Å². The quantitative estimate of drug-likeness (QED) is 0.566. The summed E-state index contributed by atoms with van der Waals surface area (Å²) in [5.41, 5.74) is 4.65. The van der Waals surface area contributed by atoms with E-state index in [4.69, 9.17) is 4.74 Å². The largest absolute Gasteiger partial charge is 0.481 e. The molecule has 0 unspecified atom stereocenters. The third-order valence-corrected chi connectivity index (χ3v) is 3.77. The van der Waals surface area contributed by atoms with E-state index in [0.29, 0.717) is 22.7 Å². The Morgan fingerprint density at radius 2 is 1.83 bits per heavy atom. The van der Waals surface area contributed by atoms with Crippen LogP contribution in [-0.2, 0) is 0 Å². The highest BCUT2D eigenvalue weighted by Crippen LogP contribution is 2.26. The number of aromatic nitrogens is 6. The van der Waals surface area contributed by atoms with Gasteiger partial charge in [0, 0.05) is 23.5 Å². The zero-order chi connectivity index (χ0) is 16.0. The molecule has 0 amide bonds. The molecular formula is C16H14N6O. The fourth-order valence-corrected chi connectivity index (χ4v) is 2.62. The third kappa shape index (κ3) is 2.01. The van der Waals surface area contributed by atoms with Crippen molar-refractivity contribution in [3.63, 3.8) is 0 Å². The van der Waals surface area contributed by atoms with Gasteiger partial charge < -0.3 is 4.74 Å². The summed E-state index contributed by atoms with van der Waals surface area (Å²) in [6, 6.07) is 7.48. The van der Waals surface area contributed by atoms with E-state index in [2.05, 4.69) is 25.1 Å². The number of hydrogen-bond acceptors (Lipinski definition) is 6. The van der Waals surface area contributed by atoms with Crippen molar-refractivity contribution in [3.05, 3.63) is 41.9 Å². The Morgan fingerprint density at radius 3 is 2.61 bits per heavy atom. The summed E-state index contributed by atoms with van der Waals surface area (Å²) in [6.07, 6.45) is 1.76. The maximum Gasteiger partial charge on any atom is 0.215 e. The van der Waals surface area contributed by atoms with Crippen LogP contribution in [0.4, 0.5) is 0 Å². The Bertz CT molecular complexity index is 1040. The first kappa shape index (κ1) is 13.6.